The van der Waals surface area contributed by atoms with E-state index in [1.807, 2.05) is 0 Å². The van der Waals surface area contributed by atoms with Gasteiger partial charge in [-0.2, -0.15) is 0 Å². The van der Waals surface area contributed by atoms with Gasteiger partial charge >= 0.3 is 0 Å². The van der Waals surface area contributed by atoms with E-state index < -0.39 is 0 Å². The Labute approximate surface area is 91.1 Å². The van der Waals surface area contributed by atoms with Crippen molar-refractivity contribution in [2.75, 3.05) is 6.61 Å². The van der Waals surface area contributed by atoms with Crippen LogP contribution >= 0.6 is 0 Å². The summed E-state index contributed by atoms with van der Waals surface area (Å²) in [5.74, 6) is 1.81. The van der Waals surface area contributed by atoms with E-state index in [0.717, 1.165) is 31.5 Å². The Morgan fingerprint density at radius 2 is 2.40 bits per heavy atom. The van der Waals surface area contributed by atoms with Crippen molar-refractivity contribution >= 4 is 0 Å². The van der Waals surface area contributed by atoms with Gasteiger partial charge in [0.05, 0.1) is 18.3 Å². The first-order chi connectivity index (χ1) is 7.20. The molecule has 0 bridgehead atoms. The summed E-state index contributed by atoms with van der Waals surface area (Å²) < 4.78 is 2.18. The molecule has 1 aromatic heterocycles. The number of aromatic nitrogens is 2. The van der Waals surface area contributed by atoms with E-state index in [0.29, 0.717) is 5.92 Å². The molecule has 2 rings (SSSR count). The van der Waals surface area contributed by atoms with Crippen LogP contribution in [0.3, 0.4) is 0 Å². The molecule has 1 atom stereocenters. The van der Waals surface area contributed by atoms with Crippen molar-refractivity contribution in [3.8, 4) is 0 Å². The molecule has 0 radical (unpaired) electrons. The molecule has 1 aliphatic heterocycles. The summed E-state index contributed by atoms with van der Waals surface area (Å²) in [5.41, 5.74) is 1.18. The summed E-state index contributed by atoms with van der Waals surface area (Å²) in [6.07, 6.45) is 6.48. The number of aliphatic hydroxyl groups is 1. The Kier molecular flexibility index (Phi) is 3.10. The van der Waals surface area contributed by atoms with E-state index in [2.05, 4.69) is 29.6 Å². The molecule has 0 saturated heterocycles. The molecule has 3 nitrogen and oxygen atoms in total. The Morgan fingerprint density at radius 3 is 3.07 bits per heavy atom. The summed E-state index contributed by atoms with van der Waals surface area (Å²) >= 11 is 0. The fourth-order valence-corrected chi connectivity index (χ4v) is 2.32. The van der Waals surface area contributed by atoms with Gasteiger partial charge in [0, 0.05) is 12.6 Å². The van der Waals surface area contributed by atoms with Crippen LogP contribution in [0.2, 0.25) is 0 Å². The van der Waals surface area contributed by atoms with Gasteiger partial charge in [-0.25, -0.2) is 4.98 Å². The fraction of sp³-hybridized carbons (Fsp3) is 0.750. The fourth-order valence-electron chi connectivity index (χ4n) is 2.32. The van der Waals surface area contributed by atoms with Crippen molar-refractivity contribution in [1.29, 1.82) is 0 Å². The van der Waals surface area contributed by atoms with Crippen LogP contribution in [-0.4, -0.2) is 21.3 Å². The number of hydrogen-bond acceptors (Lipinski definition) is 2. The lowest BCUT2D eigenvalue weighted by Crippen LogP contribution is -2.20. The average Bonchev–Trinajstić information content (AvgIpc) is 2.58. The lowest BCUT2D eigenvalue weighted by atomic mass is 10.1. The van der Waals surface area contributed by atoms with Gasteiger partial charge in [0.2, 0.25) is 0 Å². The molecule has 1 aromatic rings. The summed E-state index contributed by atoms with van der Waals surface area (Å²) in [6.45, 7) is 4.66. The third-order valence-corrected chi connectivity index (χ3v) is 3.02. The lowest BCUT2D eigenvalue weighted by molar-refractivity contribution is 0.206. The van der Waals surface area contributed by atoms with Gasteiger partial charge in [0.15, 0.2) is 0 Å². The molecule has 0 fully saturated rings. The number of fused-ring (bicyclic) bond motifs is 1. The minimum atomic E-state index is 0.241. The van der Waals surface area contributed by atoms with Crippen molar-refractivity contribution in [3.63, 3.8) is 0 Å². The molecular formula is C12H20N2O. The summed E-state index contributed by atoms with van der Waals surface area (Å²) in [5, 5.41) is 9.28. The average molecular weight is 208 g/mol. The summed E-state index contributed by atoms with van der Waals surface area (Å²) in [6, 6.07) is 0.266. The molecule has 1 N–H and O–H groups in total. The topological polar surface area (TPSA) is 38.0 Å². The van der Waals surface area contributed by atoms with E-state index in [1.54, 1.807) is 0 Å². The molecule has 1 aliphatic rings. The zero-order chi connectivity index (χ0) is 10.8. The Bertz CT molecular complexity index is 330. The van der Waals surface area contributed by atoms with E-state index in [9.17, 15) is 5.11 Å². The maximum atomic E-state index is 9.28. The SMILES string of the molecule is CC(C)Cc1cn2c(n1)CCCC2CO. The predicted octanol–water partition coefficient (Wildman–Crippen LogP) is 1.95. The second-order valence-corrected chi connectivity index (χ2v) is 4.88. The number of hydrogen-bond donors (Lipinski definition) is 1. The molecule has 3 heteroatoms. The first kappa shape index (κ1) is 10.7. The zero-order valence-electron chi connectivity index (χ0n) is 9.61. The zero-order valence-corrected chi connectivity index (χ0v) is 9.61. The number of rotatable bonds is 3. The Hall–Kier alpha value is -0.830. The monoisotopic (exact) mass is 208 g/mol. The van der Waals surface area contributed by atoms with Gasteiger partial charge in [-0.3, -0.25) is 0 Å². The third kappa shape index (κ3) is 2.23. The number of aliphatic hydroxyl groups excluding tert-OH is 1. The number of nitrogens with zero attached hydrogens (tertiary/aromatic N) is 2. The van der Waals surface area contributed by atoms with E-state index in [-0.39, 0.29) is 12.6 Å². The van der Waals surface area contributed by atoms with Crippen LogP contribution in [0.15, 0.2) is 6.20 Å². The van der Waals surface area contributed by atoms with Crippen LogP contribution in [0, 0.1) is 5.92 Å². The highest BCUT2D eigenvalue weighted by Crippen LogP contribution is 2.24. The molecule has 2 heterocycles. The Morgan fingerprint density at radius 1 is 1.60 bits per heavy atom. The largest absolute Gasteiger partial charge is 0.394 e. The van der Waals surface area contributed by atoms with Gasteiger partial charge in [-0.15, -0.1) is 0 Å². The van der Waals surface area contributed by atoms with Crippen molar-refractivity contribution < 1.29 is 5.11 Å². The van der Waals surface area contributed by atoms with Gasteiger partial charge in [0.1, 0.15) is 5.82 Å². The van der Waals surface area contributed by atoms with Crippen molar-refractivity contribution in [3.05, 3.63) is 17.7 Å². The van der Waals surface area contributed by atoms with Crippen LogP contribution in [0.1, 0.15) is 44.2 Å². The van der Waals surface area contributed by atoms with Crippen LogP contribution in [0.25, 0.3) is 0 Å². The summed E-state index contributed by atoms with van der Waals surface area (Å²) in [4.78, 5) is 4.64. The molecule has 0 aromatic carbocycles. The van der Waals surface area contributed by atoms with Crippen molar-refractivity contribution in [2.45, 2.75) is 45.6 Å². The van der Waals surface area contributed by atoms with Gasteiger partial charge in [0.25, 0.3) is 0 Å². The van der Waals surface area contributed by atoms with Crippen molar-refractivity contribution in [1.82, 2.24) is 9.55 Å². The van der Waals surface area contributed by atoms with Crippen LogP contribution < -0.4 is 0 Å². The normalized spacial score (nSPS) is 20.7. The molecule has 15 heavy (non-hydrogen) atoms. The van der Waals surface area contributed by atoms with E-state index in [1.165, 1.54) is 5.69 Å². The molecular weight excluding hydrogens is 188 g/mol. The second-order valence-electron chi connectivity index (χ2n) is 4.88. The molecule has 0 spiro atoms. The molecule has 84 valence electrons. The summed E-state index contributed by atoms with van der Waals surface area (Å²) in [7, 11) is 0. The van der Waals surface area contributed by atoms with Crippen molar-refractivity contribution in [2.24, 2.45) is 5.92 Å². The standard InChI is InChI=1S/C12H20N2O/c1-9(2)6-10-7-14-11(8-15)4-3-5-12(14)13-10/h7,9,11,15H,3-6,8H2,1-2H3. The maximum Gasteiger partial charge on any atom is 0.109 e. The molecule has 1 unspecified atom stereocenters. The highest BCUT2D eigenvalue weighted by atomic mass is 16.3. The van der Waals surface area contributed by atoms with Crippen LogP contribution in [0.4, 0.5) is 0 Å². The highest BCUT2D eigenvalue weighted by Gasteiger charge is 2.20. The van der Waals surface area contributed by atoms with E-state index >= 15 is 0 Å². The number of aryl methyl sites for hydroxylation is 1. The minimum Gasteiger partial charge on any atom is -0.394 e. The molecule has 0 amide bonds. The van der Waals surface area contributed by atoms with Gasteiger partial charge < -0.3 is 9.67 Å². The minimum absolute atomic E-state index is 0.241. The second kappa shape index (κ2) is 4.35. The van der Waals surface area contributed by atoms with Gasteiger partial charge in [-0.05, 0) is 25.2 Å². The Balaban J connectivity index is 2.21. The third-order valence-electron chi connectivity index (χ3n) is 3.02. The first-order valence-corrected chi connectivity index (χ1v) is 5.88. The van der Waals surface area contributed by atoms with E-state index in [4.69, 9.17) is 0 Å². The highest BCUT2D eigenvalue weighted by molar-refractivity contribution is 5.08. The molecule has 0 saturated carbocycles. The quantitative estimate of drug-likeness (QED) is 0.824. The first-order valence-electron chi connectivity index (χ1n) is 5.88. The van der Waals surface area contributed by atoms with Gasteiger partial charge in [-0.1, -0.05) is 13.8 Å². The lowest BCUT2D eigenvalue weighted by Gasteiger charge is -2.22. The smallest absolute Gasteiger partial charge is 0.109 e. The molecule has 0 aliphatic carbocycles. The number of imidazole rings is 1. The predicted molar refractivity (Wildman–Crippen MR) is 59.8 cm³/mol. The van der Waals surface area contributed by atoms with Crippen LogP contribution in [0.5, 0.6) is 0 Å². The van der Waals surface area contributed by atoms with Crippen LogP contribution in [-0.2, 0) is 12.8 Å². The maximum absolute atomic E-state index is 9.28.